The quantitative estimate of drug-likeness (QED) is 0.367. The van der Waals surface area contributed by atoms with Gasteiger partial charge >= 0.3 is 0 Å². The van der Waals surface area contributed by atoms with Crippen molar-refractivity contribution in [2.75, 3.05) is 39.8 Å². The summed E-state index contributed by atoms with van der Waals surface area (Å²) in [4.78, 5) is 8.60. The molecular weight excluding hydrogens is 431 g/mol. The van der Waals surface area contributed by atoms with Crippen molar-refractivity contribution in [2.45, 2.75) is 39.0 Å². The maximum atomic E-state index is 4.76. The van der Waals surface area contributed by atoms with E-state index in [0.717, 1.165) is 31.5 Å². The van der Waals surface area contributed by atoms with Crippen LogP contribution in [0.25, 0.3) is 0 Å². The maximum absolute atomic E-state index is 4.76. The minimum Gasteiger partial charge on any atom is -0.357 e. The van der Waals surface area contributed by atoms with Crippen LogP contribution in [-0.2, 0) is 0 Å². The van der Waals surface area contributed by atoms with Crippen molar-refractivity contribution in [1.29, 1.82) is 0 Å². The molecule has 0 amide bonds. The molecule has 138 valence electrons. The molecule has 1 aromatic rings. The molecular formula is C18H33IN4S. The monoisotopic (exact) mass is 464 g/mol. The van der Waals surface area contributed by atoms with Crippen LogP contribution in [0.15, 0.2) is 22.5 Å². The zero-order valence-corrected chi connectivity index (χ0v) is 18.4. The number of guanidine groups is 1. The first-order chi connectivity index (χ1) is 11.2. The molecule has 24 heavy (non-hydrogen) atoms. The topological polar surface area (TPSA) is 39.7 Å². The van der Waals surface area contributed by atoms with E-state index >= 15 is 0 Å². The summed E-state index contributed by atoms with van der Waals surface area (Å²) in [6.07, 6.45) is 3.92. The van der Waals surface area contributed by atoms with Crippen LogP contribution in [-0.4, -0.2) is 50.6 Å². The van der Waals surface area contributed by atoms with E-state index in [4.69, 9.17) is 4.99 Å². The molecule has 1 atom stereocenters. The highest BCUT2D eigenvalue weighted by atomic mass is 127. The van der Waals surface area contributed by atoms with Crippen LogP contribution in [0.5, 0.6) is 0 Å². The van der Waals surface area contributed by atoms with Gasteiger partial charge in [-0.2, -0.15) is 0 Å². The zero-order chi connectivity index (χ0) is 16.5. The average molecular weight is 464 g/mol. The third-order valence-corrected chi connectivity index (χ3v) is 5.68. The van der Waals surface area contributed by atoms with E-state index in [0.29, 0.717) is 5.92 Å². The van der Waals surface area contributed by atoms with Crippen molar-refractivity contribution in [2.24, 2.45) is 10.9 Å². The first-order valence-corrected chi connectivity index (χ1v) is 9.81. The number of halogens is 1. The van der Waals surface area contributed by atoms with Gasteiger partial charge in [0, 0.05) is 23.9 Å². The summed E-state index contributed by atoms with van der Waals surface area (Å²) >= 11 is 1.82. The van der Waals surface area contributed by atoms with Crippen LogP contribution in [0.3, 0.4) is 0 Å². The molecule has 0 radical (unpaired) electrons. The third kappa shape index (κ3) is 7.70. The molecule has 1 aliphatic heterocycles. The summed E-state index contributed by atoms with van der Waals surface area (Å²) in [6.45, 7) is 9.63. The predicted molar refractivity (Wildman–Crippen MR) is 117 cm³/mol. The largest absolute Gasteiger partial charge is 0.357 e. The van der Waals surface area contributed by atoms with Gasteiger partial charge in [-0.1, -0.05) is 13.0 Å². The Morgan fingerprint density at radius 3 is 2.75 bits per heavy atom. The molecule has 1 fully saturated rings. The maximum Gasteiger partial charge on any atom is 0.191 e. The fraction of sp³-hybridized carbons (Fsp3) is 0.722. The first kappa shape index (κ1) is 21.7. The second kappa shape index (κ2) is 12.1. The lowest BCUT2D eigenvalue weighted by molar-refractivity contribution is 0.213. The van der Waals surface area contributed by atoms with E-state index in [1.54, 1.807) is 0 Å². The molecule has 0 aliphatic carbocycles. The van der Waals surface area contributed by atoms with Crippen LogP contribution in [0, 0.1) is 5.92 Å². The fourth-order valence-corrected chi connectivity index (χ4v) is 3.76. The standard InChI is InChI=1S/C18H32N4S.HI/c1-4-19-18(21-14-15(2)17-6-5-13-23-17)20-10-7-16-8-11-22(3)12-9-16;/h5-6,13,15-16H,4,7-12,14H2,1-3H3,(H2,19,20,21);1H. The summed E-state index contributed by atoms with van der Waals surface area (Å²) in [6, 6.07) is 4.32. The van der Waals surface area contributed by atoms with Crippen LogP contribution in [0.4, 0.5) is 0 Å². The minimum atomic E-state index is 0. The third-order valence-electron chi connectivity index (χ3n) is 4.58. The van der Waals surface area contributed by atoms with Gasteiger partial charge in [0.15, 0.2) is 5.96 Å². The first-order valence-electron chi connectivity index (χ1n) is 8.93. The highest BCUT2D eigenvalue weighted by Crippen LogP contribution is 2.21. The Balaban J connectivity index is 0.00000288. The van der Waals surface area contributed by atoms with Crippen molar-refractivity contribution in [3.05, 3.63) is 22.4 Å². The summed E-state index contributed by atoms with van der Waals surface area (Å²) in [7, 11) is 2.22. The summed E-state index contributed by atoms with van der Waals surface area (Å²) in [5.74, 6) is 2.31. The number of nitrogens with one attached hydrogen (secondary N) is 2. The summed E-state index contributed by atoms with van der Waals surface area (Å²) in [5.41, 5.74) is 0. The number of hydrogen-bond acceptors (Lipinski definition) is 3. The molecule has 2 heterocycles. The van der Waals surface area contributed by atoms with Crippen LogP contribution in [0.2, 0.25) is 0 Å². The van der Waals surface area contributed by atoms with E-state index < -0.39 is 0 Å². The highest BCUT2D eigenvalue weighted by molar-refractivity contribution is 14.0. The average Bonchev–Trinajstić information content (AvgIpc) is 3.08. The number of piperidine rings is 1. The van der Waals surface area contributed by atoms with Crippen LogP contribution in [0.1, 0.15) is 43.9 Å². The van der Waals surface area contributed by atoms with Gasteiger partial charge in [-0.25, -0.2) is 0 Å². The molecule has 2 rings (SSSR count). The number of hydrogen-bond donors (Lipinski definition) is 2. The Kier molecular flexibility index (Phi) is 10.9. The number of nitrogens with zero attached hydrogens (tertiary/aromatic N) is 2. The molecule has 0 bridgehead atoms. The zero-order valence-electron chi connectivity index (χ0n) is 15.3. The predicted octanol–water partition coefficient (Wildman–Crippen LogP) is 3.76. The van der Waals surface area contributed by atoms with Crippen molar-refractivity contribution >= 4 is 41.3 Å². The Labute approximate surface area is 168 Å². The Bertz CT molecular complexity index is 456. The summed E-state index contributed by atoms with van der Waals surface area (Å²) < 4.78 is 0. The van der Waals surface area contributed by atoms with Crippen LogP contribution < -0.4 is 10.6 Å². The lowest BCUT2D eigenvalue weighted by atomic mass is 9.94. The molecule has 0 saturated carbocycles. The Morgan fingerprint density at radius 2 is 2.12 bits per heavy atom. The molecule has 1 aliphatic rings. The van der Waals surface area contributed by atoms with Gasteiger partial charge in [0.1, 0.15) is 0 Å². The van der Waals surface area contributed by atoms with E-state index in [1.165, 1.54) is 37.2 Å². The molecule has 6 heteroatoms. The normalized spacial score (nSPS) is 18.0. The minimum absolute atomic E-state index is 0. The van der Waals surface area contributed by atoms with Gasteiger partial charge in [-0.05, 0) is 63.7 Å². The number of thiophene rings is 1. The molecule has 0 spiro atoms. The van der Waals surface area contributed by atoms with Crippen LogP contribution >= 0.6 is 35.3 Å². The van der Waals surface area contributed by atoms with Crippen molar-refractivity contribution in [3.8, 4) is 0 Å². The molecule has 1 saturated heterocycles. The van der Waals surface area contributed by atoms with Gasteiger partial charge in [-0.15, -0.1) is 35.3 Å². The van der Waals surface area contributed by atoms with Gasteiger partial charge in [0.2, 0.25) is 0 Å². The van der Waals surface area contributed by atoms with E-state index in [9.17, 15) is 0 Å². The molecule has 0 aromatic carbocycles. The molecule has 1 unspecified atom stereocenters. The van der Waals surface area contributed by atoms with Crippen molar-refractivity contribution in [1.82, 2.24) is 15.5 Å². The molecule has 1 aromatic heterocycles. The van der Waals surface area contributed by atoms with Gasteiger partial charge in [-0.3, -0.25) is 4.99 Å². The SMILES string of the molecule is CCNC(=NCC(C)c1cccs1)NCCC1CCN(C)CC1.I. The van der Waals surface area contributed by atoms with Gasteiger partial charge in [0.25, 0.3) is 0 Å². The van der Waals surface area contributed by atoms with Crippen molar-refractivity contribution in [3.63, 3.8) is 0 Å². The molecule has 2 N–H and O–H groups in total. The Hall–Kier alpha value is -0.340. The van der Waals surface area contributed by atoms with Crippen molar-refractivity contribution < 1.29 is 0 Å². The fourth-order valence-electron chi connectivity index (χ4n) is 2.98. The summed E-state index contributed by atoms with van der Waals surface area (Å²) in [5, 5.41) is 9.01. The highest BCUT2D eigenvalue weighted by Gasteiger charge is 2.16. The second-order valence-electron chi connectivity index (χ2n) is 6.60. The van der Waals surface area contributed by atoms with E-state index in [-0.39, 0.29) is 24.0 Å². The lowest BCUT2D eigenvalue weighted by Gasteiger charge is -2.29. The van der Waals surface area contributed by atoms with E-state index in [2.05, 4.69) is 53.9 Å². The van der Waals surface area contributed by atoms with Gasteiger partial charge < -0.3 is 15.5 Å². The number of likely N-dealkylation sites (tertiary alicyclic amines) is 1. The number of aliphatic imine (C=N–C) groups is 1. The number of rotatable bonds is 7. The second-order valence-corrected chi connectivity index (χ2v) is 7.58. The van der Waals surface area contributed by atoms with E-state index in [1.807, 2.05) is 11.3 Å². The molecule has 4 nitrogen and oxygen atoms in total. The van der Waals surface area contributed by atoms with Gasteiger partial charge in [0.05, 0.1) is 6.54 Å². The smallest absolute Gasteiger partial charge is 0.191 e. The lowest BCUT2D eigenvalue weighted by Crippen LogP contribution is -2.39. The Morgan fingerprint density at radius 1 is 1.38 bits per heavy atom.